The van der Waals surface area contributed by atoms with E-state index < -0.39 is 0 Å². The van der Waals surface area contributed by atoms with Gasteiger partial charge >= 0.3 is 0 Å². The Morgan fingerprint density at radius 1 is 1.25 bits per heavy atom. The molecule has 4 aromatic rings. The first-order valence-electron chi connectivity index (χ1n) is 7.84. The molecule has 120 valence electrons. The molecule has 2 heterocycles. The Kier molecular flexibility index (Phi) is 3.58. The van der Waals surface area contributed by atoms with Crippen LogP contribution in [0, 0.1) is 6.92 Å². The van der Waals surface area contributed by atoms with Crippen LogP contribution in [0.1, 0.15) is 28.6 Å². The zero-order valence-electron chi connectivity index (χ0n) is 13.4. The van der Waals surface area contributed by atoms with E-state index in [0.29, 0.717) is 10.9 Å². The highest BCUT2D eigenvalue weighted by molar-refractivity contribution is 7.22. The molecule has 2 aromatic carbocycles. The number of hydrogen-bond acceptors (Lipinski definition) is 4. The van der Waals surface area contributed by atoms with Crippen molar-refractivity contribution in [3.05, 3.63) is 59.4 Å². The summed E-state index contributed by atoms with van der Waals surface area (Å²) in [5.41, 5.74) is 3.70. The number of fused-ring (bicyclic) bond motifs is 2. The van der Waals surface area contributed by atoms with Crippen LogP contribution < -0.4 is 5.32 Å². The number of aromatic nitrogens is 1. The molecule has 0 aliphatic rings. The van der Waals surface area contributed by atoms with E-state index in [1.165, 1.54) is 16.9 Å². The van der Waals surface area contributed by atoms with Gasteiger partial charge in [0.1, 0.15) is 5.58 Å². The van der Waals surface area contributed by atoms with Gasteiger partial charge in [-0.25, -0.2) is 4.98 Å². The number of carbonyl (C=O) groups excluding carboxylic acids is 1. The maximum absolute atomic E-state index is 12.6. The lowest BCUT2D eigenvalue weighted by molar-refractivity contribution is 0.0998. The average Bonchev–Trinajstić information content (AvgIpc) is 3.15. The third-order valence-electron chi connectivity index (χ3n) is 4.13. The van der Waals surface area contributed by atoms with E-state index in [9.17, 15) is 4.79 Å². The minimum Gasteiger partial charge on any atom is -0.451 e. The summed E-state index contributed by atoms with van der Waals surface area (Å²) in [6, 6.07) is 13.9. The Hall–Kier alpha value is -2.66. The van der Waals surface area contributed by atoms with Crippen molar-refractivity contribution in [2.45, 2.75) is 20.3 Å². The van der Waals surface area contributed by atoms with Gasteiger partial charge in [-0.15, -0.1) is 0 Å². The molecule has 0 spiro atoms. The maximum Gasteiger partial charge on any atom is 0.293 e. The van der Waals surface area contributed by atoms with Crippen molar-refractivity contribution in [2.24, 2.45) is 0 Å². The van der Waals surface area contributed by atoms with Gasteiger partial charge in [0, 0.05) is 10.9 Å². The van der Waals surface area contributed by atoms with E-state index >= 15 is 0 Å². The molecule has 0 unspecified atom stereocenters. The number of hydrogen-bond donors (Lipinski definition) is 1. The molecule has 0 radical (unpaired) electrons. The minimum atomic E-state index is -0.263. The first-order chi connectivity index (χ1) is 11.7. The average molecular weight is 336 g/mol. The fourth-order valence-corrected chi connectivity index (χ4v) is 3.65. The second kappa shape index (κ2) is 5.76. The molecule has 1 N–H and O–H groups in total. The van der Waals surface area contributed by atoms with Gasteiger partial charge in [-0.2, -0.15) is 0 Å². The molecule has 0 atom stereocenters. The number of furan rings is 1. The predicted molar refractivity (Wildman–Crippen MR) is 97.9 cm³/mol. The van der Waals surface area contributed by atoms with Crippen molar-refractivity contribution in [3.63, 3.8) is 0 Å². The predicted octanol–water partition coefficient (Wildman–Crippen LogP) is 5.17. The second-order valence-corrected chi connectivity index (χ2v) is 6.71. The Balaban J connectivity index is 1.68. The van der Waals surface area contributed by atoms with Crippen molar-refractivity contribution < 1.29 is 9.21 Å². The van der Waals surface area contributed by atoms with Gasteiger partial charge < -0.3 is 4.42 Å². The summed E-state index contributed by atoms with van der Waals surface area (Å²) in [7, 11) is 0. The number of rotatable bonds is 3. The summed E-state index contributed by atoms with van der Waals surface area (Å²) >= 11 is 1.45. The van der Waals surface area contributed by atoms with Crippen LogP contribution in [0.5, 0.6) is 0 Å². The Bertz CT molecular complexity index is 1030. The first-order valence-corrected chi connectivity index (χ1v) is 8.66. The summed E-state index contributed by atoms with van der Waals surface area (Å²) in [6.45, 7) is 4.02. The van der Waals surface area contributed by atoms with E-state index in [0.717, 1.165) is 33.2 Å². The SMILES string of the molecule is CCc1ccc2oc(C(=O)Nc3nc4ccccc4s3)c(C)c2c1. The molecule has 0 fully saturated rings. The normalized spacial score (nSPS) is 11.2. The molecule has 24 heavy (non-hydrogen) atoms. The number of amides is 1. The van der Waals surface area contributed by atoms with E-state index in [2.05, 4.69) is 23.3 Å². The molecule has 1 amide bonds. The Morgan fingerprint density at radius 3 is 2.88 bits per heavy atom. The standard InChI is InChI=1S/C19H16N2O2S/c1-3-12-8-9-15-13(10-12)11(2)17(23-15)18(22)21-19-20-14-6-4-5-7-16(14)24-19/h4-10H,3H2,1-2H3,(H,20,21,22). The highest BCUT2D eigenvalue weighted by Crippen LogP contribution is 2.29. The fraction of sp³-hybridized carbons (Fsp3) is 0.158. The third-order valence-corrected chi connectivity index (χ3v) is 5.08. The minimum absolute atomic E-state index is 0.263. The van der Waals surface area contributed by atoms with E-state index in [1.54, 1.807) is 0 Å². The number of anilines is 1. The third kappa shape index (κ3) is 2.47. The number of nitrogens with one attached hydrogen (secondary N) is 1. The maximum atomic E-state index is 12.6. The lowest BCUT2D eigenvalue weighted by atomic mass is 10.1. The van der Waals surface area contributed by atoms with Crippen LogP contribution >= 0.6 is 11.3 Å². The summed E-state index contributed by atoms with van der Waals surface area (Å²) in [5.74, 6) is 0.0818. The second-order valence-electron chi connectivity index (χ2n) is 5.68. The molecule has 0 saturated heterocycles. The highest BCUT2D eigenvalue weighted by Gasteiger charge is 2.19. The molecular weight excluding hydrogens is 320 g/mol. The van der Waals surface area contributed by atoms with Gasteiger partial charge in [-0.3, -0.25) is 10.1 Å². The number of thiazole rings is 1. The Labute approximate surface area is 143 Å². The molecule has 0 saturated carbocycles. The smallest absolute Gasteiger partial charge is 0.293 e. The summed E-state index contributed by atoms with van der Waals surface area (Å²) in [4.78, 5) is 17.0. The van der Waals surface area contributed by atoms with Crippen molar-refractivity contribution in [1.82, 2.24) is 4.98 Å². The number of aryl methyl sites for hydroxylation is 2. The topological polar surface area (TPSA) is 55.1 Å². The van der Waals surface area contributed by atoms with Crippen LogP contribution in [0.4, 0.5) is 5.13 Å². The van der Waals surface area contributed by atoms with Crippen LogP contribution in [0.15, 0.2) is 46.9 Å². The van der Waals surface area contributed by atoms with E-state index in [-0.39, 0.29) is 5.91 Å². The summed E-state index contributed by atoms with van der Waals surface area (Å²) in [5, 5.41) is 4.42. The number of para-hydroxylation sites is 1. The molecule has 2 aromatic heterocycles. The molecule has 4 nitrogen and oxygen atoms in total. The van der Waals surface area contributed by atoms with Crippen molar-refractivity contribution in [2.75, 3.05) is 5.32 Å². The van der Waals surface area contributed by atoms with Gasteiger partial charge in [-0.05, 0) is 43.2 Å². The van der Waals surface area contributed by atoms with Gasteiger partial charge in [0.2, 0.25) is 0 Å². The highest BCUT2D eigenvalue weighted by atomic mass is 32.1. The molecule has 4 rings (SSSR count). The summed E-state index contributed by atoms with van der Waals surface area (Å²) in [6.07, 6.45) is 0.952. The molecular formula is C19H16N2O2S. The van der Waals surface area contributed by atoms with E-state index in [4.69, 9.17) is 4.42 Å². The van der Waals surface area contributed by atoms with Crippen LogP contribution in [0.25, 0.3) is 21.2 Å². The van der Waals surface area contributed by atoms with Crippen LogP contribution in [0.2, 0.25) is 0 Å². The largest absolute Gasteiger partial charge is 0.451 e. The first kappa shape index (κ1) is 14.9. The van der Waals surface area contributed by atoms with Crippen molar-refractivity contribution in [3.8, 4) is 0 Å². The van der Waals surface area contributed by atoms with Crippen molar-refractivity contribution >= 4 is 43.6 Å². The number of benzene rings is 2. The fourth-order valence-electron chi connectivity index (χ4n) is 2.78. The lowest BCUT2D eigenvalue weighted by Crippen LogP contribution is -2.11. The molecule has 0 aliphatic carbocycles. The van der Waals surface area contributed by atoms with Crippen LogP contribution in [-0.2, 0) is 6.42 Å². The van der Waals surface area contributed by atoms with Gasteiger partial charge in [0.05, 0.1) is 10.2 Å². The quantitative estimate of drug-likeness (QED) is 0.562. The number of carbonyl (C=O) groups is 1. The number of nitrogens with zero attached hydrogens (tertiary/aromatic N) is 1. The van der Waals surface area contributed by atoms with Gasteiger partial charge in [-0.1, -0.05) is 36.5 Å². The molecule has 0 aliphatic heterocycles. The van der Waals surface area contributed by atoms with Crippen molar-refractivity contribution in [1.29, 1.82) is 0 Å². The van der Waals surface area contributed by atoms with Gasteiger partial charge in [0.25, 0.3) is 5.91 Å². The van der Waals surface area contributed by atoms with Crippen LogP contribution in [-0.4, -0.2) is 10.9 Å². The molecule has 0 bridgehead atoms. The van der Waals surface area contributed by atoms with Crippen LogP contribution in [0.3, 0.4) is 0 Å². The van der Waals surface area contributed by atoms with E-state index in [1.807, 2.05) is 43.3 Å². The Morgan fingerprint density at radius 2 is 2.08 bits per heavy atom. The lowest BCUT2D eigenvalue weighted by Gasteiger charge is -1.99. The molecule has 5 heteroatoms. The summed E-state index contributed by atoms with van der Waals surface area (Å²) < 4.78 is 6.81. The zero-order chi connectivity index (χ0) is 16.7. The van der Waals surface area contributed by atoms with Gasteiger partial charge in [0.15, 0.2) is 10.9 Å². The zero-order valence-corrected chi connectivity index (χ0v) is 14.2. The monoisotopic (exact) mass is 336 g/mol.